The second kappa shape index (κ2) is 12.3. The molecule has 0 aliphatic heterocycles. The van der Waals surface area contributed by atoms with Crippen molar-refractivity contribution in [1.29, 1.82) is 0 Å². The van der Waals surface area contributed by atoms with Crippen LogP contribution in [0.5, 0.6) is 0 Å². The third-order valence-electron chi connectivity index (χ3n) is 4.68. The number of guanidine groups is 1. The molecule has 0 aliphatic carbocycles. The summed E-state index contributed by atoms with van der Waals surface area (Å²) in [7, 11) is 0. The van der Waals surface area contributed by atoms with Gasteiger partial charge in [-0.2, -0.15) is 0 Å². The Hall–Kier alpha value is -2.42. The van der Waals surface area contributed by atoms with E-state index in [-0.39, 0.29) is 29.8 Å². The highest BCUT2D eigenvalue weighted by atomic mass is 127. The van der Waals surface area contributed by atoms with Crippen molar-refractivity contribution < 1.29 is 4.39 Å². The van der Waals surface area contributed by atoms with E-state index < -0.39 is 0 Å². The van der Waals surface area contributed by atoms with Crippen LogP contribution in [0.15, 0.2) is 65.9 Å². The molecule has 1 aromatic heterocycles. The van der Waals surface area contributed by atoms with E-state index in [0.29, 0.717) is 25.1 Å². The maximum absolute atomic E-state index is 13.8. The smallest absolute Gasteiger partial charge is 0.191 e. The molecule has 1 heterocycles. The van der Waals surface area contributed by atoms with Crippen LogP contribution >= 0.6 is 24.0 Å². The lowest BCUT2D eigenvalue weighted by Crippen LogP contribution is -2.38. The molecule has 160 valence electrons. The summed E-state index contributed by atoms with van der Waals surface area (Å²) in [5.74, 6) is 1.57. The lowest BCUT2D eigenvalue weighted by molar-refractivity contribution is 0.606. The van der Waals surface area contributed by atoms with E-state index in [1.807, 2.05) is 38.4 Å². The highest BCUT2D eigenvalue weighted by Crippen LogP contribution is 2.10. The summed E-state index contributed by atoms with van der Waals surface area (Å²) in [6.07, 6.45) is 4.42. The van der Waals surface area contributed by atoms with Crippen LogP contribution in [0, 0.1) is 12.7 Å². The third-order valence-corrected chi connectivity index (χ3v) is 4.68. The molecular formula is C23H29FIN5. The zero-order valence-electron chi connectivity index (χ0n) is 17.4. The average Bonchev–Trinajstić information content (AvgIpc) is 3.12. The zero-order chi connectivity index (χ0) is 20.5. The standard InChI is InChI=1S/C23H28FN5.HI/c1-3-25-23(27-12-11-21-9-4-5-10-22(21)24)28-16-19-7-6-8-20(15-19)17-29-14-13-26-18(29)2;/h4-10,13-15H,3,11-12,16-17H2,1-2H3,(H2,25,27,28);1H. The largest absolute Gasteiger partial charge is 0.357 e. The van der Waals surface area contributed by atoms with E-state index >= 15 is 0 Å². The number of aryl methyl sites for hydroxylation is 1. The average molecular weight is 521 g/mol. The van der Waals surface area contributed by atoms with Crippen LogP contribution in [0.3, 0.4) is 0 Å². The first kappa shape index (κ1) is 23.9. The summed E-state index contributed by atoms with van der Waals surface area (Å²) in [6.45, 7) is 6.79. The third kappa shape index (κ3) is 7.12. The molecule has 7 heteroatoms. The molecule has 0 saturated carbocycles. The van der Waals surface area contributed by atoms with E-state index in [1.165, 1.54) is 11.6 Å². The minimum atomic E-state index is -0.166. The van der Waals surface area contributed by atoms with Crippen molar-refractivity contribution in [3.63, 3.8) is 0 Å². The van der Waals surface area contributed by atoms with Gasteiger partial charge in [-0.25, -0.2) is 14.4 Å². The molecule has 2 aromatic carbocycles. The van der Waals surface area contributed by atoms with Crippen LogP contribution < -0.4 is 10.6 Å². The molecule has 0 bridgehead atoms. The highest BCUT2D eigenvalue weighted by molar-refractivity contribution is 14.0. The van der Waals surface area contributed by atoms with Gasteiger partial charge in [0.25, 0.3) is 0 Å². The lowest BCUT2D eigenvalue weighted by Gasteiger charge is -2.12. The number of imidazole rings is 1. The molecule has 5 nitrogen and oxygen atoms in total. The normalized spacial score (nSPS) is 11.1. The van der Waals surface area contributed by atoms with Crippen LogP contribution in [-0.4, -0.2) is 28.6 Å². The molecule has 0 saturated heterocycles. The van der Waals surface area contributed by atoms with Gasteiger partial charge in [0.2, 0.25) is 0 Å². The van der Waals surface area contributed by atoms with Crippen LogP contribution in [0.4, 0.5) is 4.39 Å². The molecule has 2 N–H and O–H groups in total. The van der Waals surface area contributed by atoms with Crippen molar-refractivity contribution >= 4 is 29.9 Å². The van der Waals surface area contributed by atoms with Crippen molar-refractivity contribution in [2.45, 2.75) is 33.4 Å². The summed E-state index contributed by atoms with van der Waals surface area (Å²) < 4.78 is 15.9. The number of aliphatic imine (C=N–C) groups is 1. The monoisotopic (exact) mass is 521 g/mol. The van der Waals surface area contributed by atoms with E-state index in [4.69, 9.17) is 0 Å². The maximum Gasteiger partial charge on any atom is 0.191 e. The number of aromatic nitrogens is 2. The summed E-state index contributed by atoms with van der Waals surface area (Å²) >= 11 is 0. The Morgan fingerprint density at radius 3 is 2.63 bits per heavy atom. The van der Waals surface area contributed by atoms with Gasteiger partial charge in [0.15, 0.2) is 5.96 Å². The number of hydrogen-bond donors (Lipinski definition) is 2. The van der Waals surface area contributed by atoms with Crippen molar-refractivity contribution in [2.75, 3.05) is 13.1 Å². The van der Waals surface area contributed by atoms with Crippen LogP contribution in [0.25, 0.3) is 0 Å². The lowest BCUT2D eigenvalue weighted by atomic mass is 10.1. The van der Waals surface area contributed by atoms with E-state index in [0.717, 1.165) is 30.4 Å². The Kier molecular flexibility index (Phi) is 9.79. The summed E-state index contributed by atoms with van der Waals surface area (Å²) in [5, 5.41) is 6.53. The molecule has 0 unspecified atom stereocenters. The van der Waals surface area contributed by atoms with Crippen molar-refractivity contribution in [3.05, 3.63) is 89.3 Å². The van der Waals surface area contributed by atoms with Gasteiger partial charge in [0, 0.05) is 32.0 Å². The Balaban J connectivity index is 0.00000320. The molecule has 0 radical (unpaired) electrons. The summed E-state index contributed by atoms with van der Waals surface area (Å²) in [6, 6.07) is 15.3. The molecule has 3 rings (SSSR count). The van der Waals surface area contributed by atoms with Crippen LogP contribution in [0.2, 0.25) is 0 Å². The van der Waals surface area contributed by atoms with Crippen molar-refractivity contribution in [2.24, 2.45) is 4.99 Å². The molecule has 0 fully saturated rings. The first-order valence-electron chi connectivity index (χ1n) is 9.97. The van der Waals surface area contributed by atoms with E-state index in [1.54, 1.807) is 6.07 Å². The predicted molar refractivity (Wildman–Crippen MR) is 131 cm³/mol. The first-order valence-corrected chi connectivity index (χ1v) is 9.97. The minimum Gasteiger partial charge on any atom is -0.357 e. The van der Waals surface area contributed by atoms with Gasteiger partial charge in [-0.3, -0.25) is 0 Å². The fraction of sp³-hybridized carbons (Fsp3) is 0.304. The molecule has 3 aromatic rings. The van der Waals surface area contributed by atoms with Crippen molar-refractivity contribution in [3.8, 4) is 0 Å². The predicted octanol–water partition coefficient (Wildman–Crippen LogP) is 4.29. The molecule has 0 spiro atoms. The minimum absolute atomic E-state index is 0. The van der Waals surface area contributed by atoms with Gasteiger partial charge in [-0.15, -0.1) is 24.0 Å². The summed E-state index contributed by atoms with van der Waals surface area (Å²) in [4.78, 5) is 8.95. The molecule has 30 heavy (non-hydrogen) atoms. The highest BCUT2D eigenvalue weighted by Gasteiger charge is 2.03. The van der Waals surface area contributed by atoms with Crippen LogP contribution in [0.1, 0.15) is 29.4 Å². The molecule has 0 amide bonds. The number of hydrogen-bond acceptors (Lipinski definition) is 2. The summed E-state index contributed by atoms with van der Waals surface area (Å²) in [5.41, 5.74) is 3.07. The Morgan fingerprint density at radius 2 is 1.90 bits per heavy atom. The molecule has 0 atom stereocenters. The van der Waals surface area contributed by atoms with Gasteiger partial charge in [-0.1, -0.05) is 42.5 Å². The maximum atomic E-state index is 13.8. The van der Waals surface area contributed by atoms with Gasteiger partial charge >= 0.3 is 0 Å². The number of nitrogens with one attached hydrogen (secondary N) is 2. The number of nitrogens with zero attached hydrogens (tertiary/aromatic N) is 3. The second-order valence-electron chi connectivity index (χ2n) is 6.89. The van der Waals surface area contributed by atoms with Gasteiger partial charge < -0.3 is 15.2 Å². The number of rotatable bonds is 8. The van der Waals surface area contributed by atoms with Gasteiger partial charge in [0.1, 0.15) is 11.6 Å². The second-order valence-corrected chi connectivity index (χ2v) is 6.89. The van der Waals surface area contributed by atoms with Crippen molar-refractivity contribution in [1.82, 2.24) is 20.2 Å². The fourth-order valence-electron chi connectivity index (χ4n) is 3.12. The molecular weight excluding hydrogens is 492 g/mol. The van der Waals surface area contributed by atoms with E-state index in [9.17, 15) is 4.39 Å². The topological polar surface area (TPSA) is 54.2 Å². The fourth-order valence-corrected chi connectivity index (χ4v) is 3.12. The Morgan fingerprint density at radius 1 is 1.10 bits per heavy atom. The van der Waals surface area contributed by atoms with Crippen LogP contribution in [-0.2, 0) is 19.5 Å². The Labute approximate surface area is 194 Å². The van der Waals surface area contributed by atoms with E-state index in [2.05, 4.69) is 49.4 Å². The number of halogens is 2. The quantitative estimate of drug-likeness (QED) is 0.264. The number of benzene rings is 2. The SMILES string of the molecule is CCNC(=NCc1cccc(Cn2ccnc2C)c1)NCCc1ccccc1F.I. The van der Waals surface area contributed by atoms with Gasteiger partial charge in [0.05, 0.1) is 6.54 Å². The first-order chi connectivity index (χ1) is 14.2. The molecule has 0 aliphatic rings. The van der Waals surface area contributed by atoms with Gasteiger partial charge in [-0.05, 0) is 43.0 Å². The zero-order valence-corrected chi connectivity index (χ0v) is 19.8. The Bertz CT molecular complexity index is 954.